The summed E-state index contributed by atoms with van der Waals surface area (Å²) in [4.78, 5) is 11.7. The van der Waals surface area contributed by atoms with Crippen molar-refractivity contribution in [2.45, 2.75) is 51.9 Å². The van der Waals surface area contributed by atoms with Gasteiger partial charge in [-0.15, -0.1) is 0 Å². The number of alkyl halides is 3. The molecule has 1 aromatic carbocycles. The van der Waals surface area contributed by atoms with Crippen molar-refractivity contribution < 1.29 is 27.1 Å². The molecule has 0 heterocycles. The molecule has 0 saturated carbocycles. The molecule has 1 rings (SSSR count). The van der Waals surface area contributed by atoms with E-state index in [-0.39, 0.29) is 5.56 Å². The molecule has 0 bridgehead atoms. The number of ether oxygens (including phenoxy) is 1. The minimum absolute atomic E-state index is 0.249. The number of hydrogen-bond donors (Lipinski definition) is 1. The van der Waals surface area contributed by atoms with Gasteiger partial charge in [0.1, 0.15) is 11.4 Å². The molecule has 0 radical (unpaired) electrons. The van der Waals surface area contributed by atoms with Gasteiger partial charge in [0.25, 0.3) is 0 Å². The fraction of sp³-hybridized carbons (Fsp3) is 0.533. The molecule has 0 aliphatic carbocycles. The van der Waals surface area contributed by atoms with E-state index in [9.17, 15) is 22.4 Å². The summed E-state index contributed by atoms with van der Waals surface area (Å²) >= 11 is 0. The first-order valence-electron chi connectivity index (χ1n) is 6.80. The van der Waals surface area contributed by atoms with Crippen LogP contribution in [0, 0.1) is 5.82 Å². The van der Waals surface area contributed by atoms with E-state index < -0.39 is 35.3 Å². The smallest absolute Gasteiger partial charge is 0.419 e. The molecule has 1 N–H and O–H groups in total. The van der Waals surface area contributed by atoms with Crippen molar-refractivity contribution in [3.8, 4) is 0 Å². The number of carbonyl (C=O) groups is 1. The molecule has 0 unspecified atom stereocenters. The molecule has 1 atom stereocenters. The molecule has 0 fully saturated rings. The minimum Gasteiger partial charge on any atom is -0.444 e. The maximum absolute atomic E-state index is 13.6. The Labute approximate surface area is 126 Å². The highest BCUT2D eigenvalue weighted by Gasteiger charge is 2.34. The van der Waals surface area contributed by atoms with Crippen LogP contribution in [0.25, 0.3) is 0 Å². The van der Waals surface area contributed by atoms with Gasteiger partial charge in [-0.1, -0.05) is 13.0 Å². The third-order valence-electron chi connectivity index (χ3n) is 2.80. The Hall–Kier alpha value is -1.79. The van der Waals surface area contributed by atoms with E-state index in [1.807, 2.05) is 0 Å². The third kappa shape index (κ3) is 5.20. The number of nitrogens with one attached hydrogen (secondary N) is 1. The summed E-state index contributed by atoms with van der Waals surface area (Å²) in [6, 6.07) is 1.97. The molecule has 1 amide bonds. The molecule has 0 aliphatic rings. The highest BCUT2D eigenvalue weighted by Crippen LogP contribution is 2.32. The summed E-state index contributed by atoms with van der Waals surface area (Å²) in [6.45, 7) is 6.78. The van der Waals surface area contributed by atoms with Gasteiger partial charge in [0, 0.05) is 0 Å². The average Bonchev–Trinajstić information content (AvgIpc) is 2.32. The average molecular weight is 321 g/mol. The van der Waals surface area contributed by atoms with Crippen LogP contribution in [0.15, 0.2) is 18.2 Å². The van der Waals surface area contributed by atoms with Gasteiger partial charge in [-0.25, -0.2) is 9.18 Å². The zero-order valence-electron chi connectivity index (χ0n) is 12.8. The number of halogens is 4. The van der Waals surface area contributed by atoms with Crippen LogP contribution < -0.4 is 5.32 Å². The second-order valence-electron chi connectivity index (χ2n) is 5.84. The molecular weight excluding hydrogens is 302 g/mol. The zero-order valence-corrected chi connectivity index (χ0v) is 12.8. The summed E-state index contributed by atoms with van der Waals surface area (Å²) in [6.07, 6.45) is -5.08. The van der Waals surface area contributed by atoms with Crippen molar-refractivity contribution in [2.24, 2.45) is 0 Å². The summed E-state index contributed by atoms with van der Waals surface area (Å²) in [7, 11) is 0. The van der Waals surface area contributed by atoms with Gasteiger partial charge in [0.2, 0.25) is 0 Å². The second kappa shape index (κ2) is 6.54. The summed E-state index contributed by atoms with van der Waals surface area (Å²) < 4.78 is 56.3. The Morgan fingerprint density at radius 2 is 1.86 bits per heavy atom. The topological polar surface area (TPSA) is 38.3 Å². The first-order chi connectivity index (χ1) is 9.94. The van der Waals surface area contributed by atoms with E-state index in [0.717, 1.165) is 12.1 Å². The van der Waals surface area contributed by atoms with Gasteiger partial charge in [0.15, 0.2) is 0 Å². The van der Waals surface area contributed by atoms with Crippen molar-refractivity contribution in [1.29, 1.82) is 0 Å². The van der Waals surface area contributed by atoms with Gasteiger partial charge < -0.3 is 10.1 Å². The van der Waals surface area contributed by atoms with E-state index in [4.69, 9.17) is 4.74 Å². The molecular formula is C15H19F4NO2. The highest BCUT2D eigenvalue weighted by molar-refractivity contribution is 5.68. The number of benzene rings is 1. The second-order valence-corrected chi connectivity index (χ2v) is 5.84. The SMILES string of the molecule is CC[C@H](NC(=O)OC(C)(C)C)c1ccc(C(F)(F)F)c(F)c1. The maximum atomic E-state index is 13.6. The van der Waals surface area contributed by atoms with Crippen LogP contribution in [0.2, 0.25) is 0 Å². The molecule has 3 nitrogen and oxygen atoms in total. The van der Waals surface area contributed by atoms with Crippen LogP contribution in [0.4, 0.5) is 22.4 Å². The standard InChI is InChI=1S/C15H19F4NO2/c1-5-12(20-13(21)22-14(2,3)4)9-6-7-10(11(16)8-9)15(17,18)19/h6-8,12H,5H2,1-4H3,(H,20,21)/t12-/m0/s1. The van der Waals surface area contributed by atoms with E-state index in [1.54, 1.807) is 27.7 Å². The lowest BCUT2D eigenvalue weighted by atomic mass is 10.0. The summed E-state index contributed by atoms with van der Waals surface area (Å²) in [5, 5.41) is 2.52. The van der Waals surface area contributed by atoms with Crippen molar-refractivity contribution >= 4 is 6.09 Å². The van der Waals surface area contributed by atoms with Crippen LogP contribution in [-0.2, 0) is 10.9 Å². The Bertz CT molecular complexity index is 535. The van der Waals surface area contributed by atoms with Crippen LogP contribution in [0.1, 0.15) is 51.3 Å². The Morgan fingerprint density at radius 3 is 2.27 bits per heavy atom. The lowest BCUT2D eigenvalue weighted by Gasteiger charge is -2.23. The Balaban J connectivity index is 2.92. The predicted molar refractivity (Wildman–Crippen MR) is 73.8 cm³/mol. The van der Waals surface area contributed by atoms with Crippen molar-refractivity contribution in [3.05, 3.63) is 35.1 Å². The van der Waals surface area contributed by atoms with Gasteiger partial charge in [-0.3, -0.25) is 0 Å². The normalized spacial score (nSPS) is 13.6. The van der Waals surface area contributed by atoms with Gasteiger partial charge in [0.05, 0.1) is 11.6 Å². The Kier molecular flexibility index (Phi) is 5.43. The molecule has 0 aliphatic heterocycles. The molecule has 1 aromatic rings. The molecule has 7 heteroatoms. The van der Waals surface area contributed by atoms with Crippen LogP contribution in [0.5, 0.6) is 0 Å². The van der Waals surface area contributed by atoms with Crippen LogP contribution >= 0.6 is 0 Å². The minimum atomic E-state index is -4.75. The van der Waals surface area contributed by atoms with E-state index in [1.165, 1.54) is 0 Å². The first-order valence-corrected chi connectivity index (χ1v) is 6.80. The van der Waals surface area contributed by atoms with Gasteiger partial charge in [-0.05, 0) is 44.9 Å². The molecule has 124 valence electrons. The van der Waals surface area contributed by atoms with Crippen molar-refractivity contribution in [3.63, 3.8) is 0 Å². The fourth-order valence-electron chi connectivity index (χ4n) is 1.85. The van der Waals surface area contributed by atoms with Crippen molar-refractivity contribution in [1.82, 2.24) is 5.32 Å². The number of amides is 1. The number of rotatable bonds is 3. The molecule has 0 saturated heterocycles. The van der Waals surface area contributed by atoms with Gasteiger partial charge in [-0.2, -0.15) is 13.2 Å². The fourth-order valence-corrected chi connectivity index (χ4v) is 1.85. The monoisotopic (exact) mass is 321 g/mol. The van der Waals surface area contributed by atoms with E-state index >= 15 is 0 Å². The number of carbonyl (C=O) groups excluding carboxylic acids is 1. The van der Waals surface area contributed by atoms with E-state index in [2.05, 4.69) is 5.32 Å². The Morgan fingerprint density at radius 1 is 1.27 bits per heavy atom. The summed E-state index contributed by atoms with van der Waals surface area (Å²) in [5.41, 5.74) is -1.78. The zero-order chi connectivity index (χ0) is 17.1. The molecule has 22 heavy (non-hydrogen) atoms. The molecule has 0 spiro atoms. The van der Waals surface area contributed by atoms with Crippen LogP contribution in [-0.4, -0.2) is 11.7 Å². The van der Waals surface area contributed by atoms with Gasteiger partial charge >= 0.3 is 12.3 Å². The highest BCUT2D eigenvalue weighted by atomic mass is 19.4. The lowest BCUT2D eigenvalue weighted by Crippen LogP contribution is -2.34. The number of alkyl carbamates (subject to hydrolysis) is 1. The third-order valence-corrected chi connectivity index (χ3v) is 2.80. The molecule has 0 aromatic heterocycles. The predicted octanol–water partition coefficient (Wildman–Crippen LogP) is 4.82. The quantitative estimate of drug-likeness (QED) is 0.811. The maximum Gasteiger partial charge on any atom is 0.419 e. The largest absolute Gasteiger partial charge is 0.444 e. The van der Waals surface area contributed by atoms with Crippen LogP contribution in [0.3, 0.4) is 0 Å². The number of hydrogen-bond acceptors (Lipinski definition) is 2. The van der Waals surface area contributed by atoms with E-state index in [0.29, 0.717) is 12.5 Å². The lowest BCUT2D eigenvalue weighted by molar-refractivity contribution is -0.140. The summed E-state index contributed by atoms with van der Waals surface area (Å²) in [5.74, 6) is -1.37. The first kappa shape index (κ1) is 18.3. The van der Waals surface area contributed by atoms with Crippen molar-refractivity contribution in [2.75, 3.05) is 0 Å².